The molecule has 0 atom stereocenters. The van der Waals surface area contributed by atoms with Crippen LogP contribution in [0.1, 0.15) is 31.2 Å². The van der Waals surface area contributed by atoms with Crippen LogP contribution in [0.3, 0.4) is 0 Å². The standard InChI is InChI=1S/C20H20N2O2S/c23-17-12-18(24)16(11-15(17)10-13-6-4-5-7-13)19-20(25-22-21-19)14-8-2-1-3-9-14/h1-3,8-9,11-13,23-24H,4-7,10H2. The van der Waals surface area contributed by atoms with E-state index in [0.29, 0.717) is 17.2 Å². The summed E-state index contributed by atoms with van der Waals surface area (Å²) in [5.41, 5.74) is 3.21. The monoisotopic (exact) mass is 352 g/mol. The van der Waals surface area contributed by atoms with E-state index in [9.17, 15) is 10.2 Å². The number of rotatable bonds is 4. The van der Waals surface area contributed by atoms with Crippen molar-refractivity contribution in [1.82, 2.24) is 9.59 Å². The molecular formula is C20H20N2O2S. The van der Waals surface area contributed by atoms with E-state index in [1.54, 1.807) is 0 Å². The average molecular weight is 352 g/mol. The Morgan fingerprint density at radius 3 is 2.52 bits per heavy atom. The predicted octanol–water partition coefficient (Wildman–Crippen LogP) is 5.02. The fourth-order valence-corrected chi connectivity index (χ4v) is 4.33. The van der Waals surface area contributed by atoms with Crippen LogP contribution in [0.25, 0.3) is 21.7 Å². The number of phenols is 2. The Kier molecular flexibility index (Phi) is 4.40. The highest BCUT2D eigenvalue weighted by Gasteiger charge is 2.21. The number of nitrogens with zero attached hydrogens (tertiary/aromatic N) is 2. The molecule has 4 nitrogen and oxygen atoms in total. The minimum absolute atomic E-state index is 0.0394. The summed E-state index contributed by atoms with van der Waals surface area (Å²) in [6.45, 7) is 0. The van der Waals surface area contributed by atoms with Crippen LogP contribution in [0.5, 0.6) is 11.5 Å². The van der Waals surface area contributed by atoms with Crippen molar-refractivity contribution in [3.63, 3.8) is 0 Å². The molecule has 128 valence electrons. The number of aromatic hydroxyl groups is 2. The Hall–Kier alpha value is -2.40. The first-order chi connectivity index (χ1) is 12.2. The van der Waals surface area contributed by atoms with Crippen LogP contribution < -0.4 is 0 Å². The van der Waals surface area contributed by atoms with Crippen LogP contribution in [0.2, 0.25) is 0 Å². The predicted molar refractivity (Wildman–Crippen MR) is 99.8 cm³/mol. The van der Waals surface area contributed by atoms with E-state index in [1.807, 2.05) is 36.4 Å². The van der Waals surface area contributed by atoms with E-state index < -0.39 is 0 Å². The minimum Gasteiger partial charge on any atom is -0.508 e. The van der Waals surface area contributed by atoms with Gasteiger partial charge in [-0.15, -0.1) is 5.10 Å². The average Bonchev–Trinajstić information content (AvgIpc) is 3.30. The lowest BCUT2D eigenvalue weighted by atomic mass is 9.94. The van der Waals surface area contributed by atoms with Crippen molar-refractivity contribution >= 4 is 11.5 Å². The Morgan fingerprint density at radius 1 is 1.00 bits per heavy atom. The van der Waals surface area contributed by atoms with Gasteiger partial charge in [0.2, 0.25) is 0 Å². The lowest BCUT2D eigenvalue weighted by molar-refractivity contribution is 0.439. The lowest BCUT2D eigenvalue weighted by Gasteiger charge is -2.13. The van der Waals surface area contributed by atoms with Crippen molar-refractivity contribution < 1.29 is 10.2 Å². The second-order valence-corrected chi connectivity index (χ2v) is 7.42. The van der Waals surface area contributed by atoms with Gasteiger partial charge in [0, 0.05) is 11.6 Å². The van der Waals surface area contributed by atoms with Crippen LogP contribution in [-0.2, 0) is 6.42 Å². The lowest BCUT2D eigenvalue weighted by Crippen LogP contribution is -1.99. The molecule has 1 aliphatic carbocycles. The Labute approximate surface area is 151 Å². The van der Waals surface area contributed by atoms with Gasteiger partial charge in [-0.1, -0.05) is 60.5 Å². The van der Waals surface area contributed by atoms with Gasteiger partial charge in [-0.05, 0) is 41.1 Å². The number of hydrogen-bond donors (Lipinski definition) is 2. The summed E-state index contributed by atoms with van der Waals surface area (Å²) in [7, 11) is 0. The molecular weight excluding hydrogens is 332 g/mol. The summed E-state index contributed by atoms with van der Waals surface area (Å²) in [6, 6.07) is 13.3. The number of phenolic OH excluding ortho intramolecular Hbond substituents is 2. The molecule has 1 aromatic heterocycles. The molecule has 5 heteroatoms. The molecule has 0 aliphatic heterocycles. The van der Waals surface area contributed by atoms with Gasteiger partial charge in [-0.25, -0.2) is 0 Å². The first-order valence-corrected chi connectivity index (χ1v) is 9.42. The maximum atomic E-state index is 10.4. The van der Waals surface area contributed by atoms with Crippen molar-refractivity contribution in [1.29, 1.82) is 0 Å². The van der Waals surface area contributed by atoms with Gasteiger partial charge >= 0.3 is 0 Å². The maximum absolute atomic E-state index is 10.4. The molecule has 1 aliphatic rings. The molecule has 25 heavy (non-hydrogen) atoms. The summed E-state index contributed by atoms with van der Waals surface area (Å²) >= 11 is 1.31. The number of benzene rings is 2. The molecule has 0 bridgehead atoms. The quantitative estimate of drug-likeness (QED) is 0.692. The number of hydrogen-bond acceptors (Lipinski definition) is 5. The fraction of sp³-hybridized carbons (Fsp3) is 0.300. The van der Waals surface area contributed by atoms with Gasteiger partial charge in [0.15, 0.2) is 0 Å². The van der Waals surface area contributed by atoms with E-state index in [0.717, 1.165) is 22.4 Å². The third-order valence-electron chi connectivity index (χ3n) is 4.96. The third kappa shape index (κ3) is 3.24. The second-order valence-electron chi connectivity index (χ2n) is 6.67. The molecule has 2 N–H and O–H groups in total. The molecule has 3 aromatic rings. The van der Waals surface area contributed by atoms with Gasteiger partial charge in [0.1, 0.15) is 17.2 Å². The van der Waals surface area contributed by atoms with E-state index in [4.69, 9.17) is 0 Å². The summed E-state index contributed by atoms with van der Waals surface area (Å²) < 4.78 is 4.09. The normalized spacial score (nSPS) is 14.9. The summed E-state index contributed by atoms with van der Waals surface area (Å²) in [5, 5.41) is 24.9. The van der Waals surface area contributed by atoms with Crippen LogP contribution in [0.15, 0.2) is 42.5 Å². The molecule has 0 unspecified atom stereocenters. The molecule has 0 amide bonds. The van der Waals surface area contributed by atoms with Crippen molar-refractivity contribution in [2.24, 2.45) is 5.92 Å². The SMILES string of the molecule is Oc1cc(O)c(-c2nnsc2-c2ccccc2)cc1CC1CCCC1. The van der Waals surface area contributed by atoms with E-state index in [2.05, 4.69) is 9.59 Å². The topological polar surface area (TPSA) is 66.2 Å². The van der Waals surface area contributed by atoms with Crippen LogP contribution in [-0.4, -0.2) is 19.8 Å². The molecule has 2 aromatic carbocycles. The van der Waals surface area contributed by atoms with Crippen molar-refractivity contribution in [3.05, 3.63) is 48.0 Å². The zero-order chi connectivity index (χ0) is 17.2. The highest BCUT2D eigenvalue weighted by atomic mass is 32.1. The van der Waals surface area contributed by atoms with Gasteiger partial charge in [0.25, 0.3) is 0 Å². The van der Waals surface area contributed by atoms with Crippen LogP contribution in [0, 0.1) is 5.92 Å². The van der Waals surface area contributed by atoms with Crippen molar-refractivity contribution in [2.45, 2.75) is 32.1 Å². The molecule has 1 heterocycles. The Morgan fingerprint density at radius 2 is 1.76 bits per heavy atom. The van der Waals surface area contributed by atoms with E-state index in [-0.39, 0.29) is 11.5 Å². The Bertz CT molecular complexity index is 871. The van der Waals surface area contributed by atoms with Crippen molar-refractivity contribution in [2.75, 3.05) is 0 Å². The maximum Gasteiger partial charge on any atom is 0.128 e. The highest BCUT2D eigenvalue weighted by Crippen LogP contribution is 2.41. The summed E-state index contributed by atoms with van der Waals surface area (Å²) in [5.74, 6) is 0.820. The molecule has 0 saturated heterocycles. The number of aromatic nitrogens is 2. The smallest absolute Gasteiger partial charge is 0.128 e. The van der Waals surface area contributed by atoms with Crippen LogP contribution in [0.4, 0.5) is 0 Å². The second kappa shape index (κ2) is 6.84. The molecule has 0 radical (unpaired) electrons. The summed E-state index contributed by atoms with van der Waals surface area (Å²) in [6.07, 6.45) is 5.80. The van der Waals surface area contributed by atoms with Gasteiger partial charge < -0.3 is 10.2 Å². The third-order valence-corrected chi connectivity index (χ3v) is 5.73. The largest absolute Gasteiger partial charge is 0.508 e. The van der Waals surface area contributed by atoms with Gasteiger partial charge in [-0.2, -0.15) is 0 Å². The minimum atomic E-state index is 0.0394. The highest BCUT2D eigenvalue weighted by molar-refractivity contribution is 7.09. The van der Waals surface area contributed by atoms with Crippen molar-refractivity contribution in [3.8, 4) is 33.2 Å². The summed E-state index contributed by atoms with van der Waals surface area (Å²) in [4.78, 5) is 0.924. The van der Waals surface area contributed by atoms with E-state index in [1.165, 1.54) is 43.3 Å². The molecule has 1 fully saturated rings. The molecule has 0 spiro atoms. The van der Waals surface area contributed by atoms with Gasteiger partial charge in [-0.3, -0.25) is 0 Å². The zero-order valence-electron chi connectivity index (χ0n) is 13.9. The van der Waals surface area contributed by atoms with Crippen LogP contribution >= 0.6 is 11.5 Å². The first kappa shape index (κ1) is 16.1. The van der Waals surface area contributed by atoms with Gasteiger partial charge in [0.05, 0.1) is 4.88 Å². The first-order valence-electron chi connectivity index (χ1n) is 8.65. The zero-order valence-corrected chi connectivity index (χ0v) is 14.7. The molecule has 4 rings (SSSR count). The van der Waals surface area contributed by atoms with E-state index >= 15 is 0 Å². The fourth-order valence-electron chi connectivity index (χ4n) is 3.65. The molecule has 1 saturated carbocycles. The Balaban J connectivity index is 1.74.